The zero-order chi connectivity index (χ0) is 23.9. The fourth-order valence-corrected chi connectivity index (χ4v) is 5.86. The summed E-state index contributed by atoms with van der Waals surface area (Å²) in [4.78, 5) is 19.5. The number of carbonyl (C=O) groups is 1. The molecule has 1 aliphatic carbocycles. The number of rotatable bonds is 5. The Morgan fingerprint density at radius 1 is 1.32 bits per heavy atom. The standard InChI is InChI=1S/C23H31F3N4O4/c1-32-19-13-33-6-3-18(19)29-28-16-9-20-22(10-16,4-7-34-20)21(31)30-5-2-17-14(12-30)8-15(11-27-17)23(24,25)26/h8,11,16,18-20,28-29H,2-7,9-10,12-13H2,1H3/t16-,18-,19-,20-,22-/m1/s1. The first-order chi connectivity index (χ1) is 16.3. The first-order valence-electron chi connectivity index (χ1n) is 11.9. The van der Waals surface area contributed by atoms with E-state index < -0.39 is 17.2 Å². The minimum Gasteiger partial charge on any atom is -0.379 e. The number of hydrazine groups is 1. The third kappa shape index (κ3) is 4.44. The first kappa shape index (κ1) is 23.9. The Morgan fingerprint density at radius 2 is 2.18 bits per heavy atom. The summed E-state index contributed by atoms with van der Waals surface area (Å²) in [5, 5.41) is 0. The van der Waals surface area contributed by atoms with Crippen molar-refractivity contribution in [2.45, 2.75) is 69.1 Å². The highest BCUT2D eigenvalue weighted by atomic mass is 19.4. The van der Waals surface area contributed by atoms with Gasteiger partial charge in [0.05, 0.1) is 35.8 Å². The average molecular weight is 485 g/mol. The molecule has 8 nitrogen and oxygen atoms in total. The van der Waals surface area contributed by atoms with Gasteiger partial charge in [-0.1, -0.05) is 0 Å². The molecule has 0 unspecified atom stereocenters. The molecule has 3 aliphatic heterocycles. The van der Waals surface area contributed by atoms with Crippen molar-refractivity contribution in [3.8, 4) is 0 Å². The topological polar surface area (TPSA) is 84.9 Å². The number of pyridine rings is 1. The van der Waals surface area contributed by atoms with Crippen molar-refractivity contribution in [3.63, 3.8) is 0 Å². The van der Waals surface area contributed by atoms with Gasteiger partial charge in [-0.2, -0.15) is 13.2 Å². The molecule has 4 aliphatic rings. The van der Waals surface area contributed by atoms with Gasteiger partial charge < -0.3 is 19.1 Å². The fourth-order valence-electron chi connectivity index (χ4n) is 5.86. The molecule has 188 valence electrons. The summed E-state index contributed by atoms with van der Waals surface area (Å²) in [6, 6.07) is 1.29. The average Bonchev–Trinajstić information content (AvgIpc) is 3.39. The summed E-state index contributed by atoms with van der Waals surface area (Å²) in [5.41, 5.74) is 6.44. The lowest BCUT2D eigenvalue weighted by Gasteiger charge is -2.36. The lowest BCUT2D eigenvalue weighted by atomic mass is 9.80. The molecule has 1 amide bonds. The molecule has 0 radical (unpaired) electrons. The van der Waals surface area contributed by atoms with E-state index in [9.17, 15) is 18.0 Å². The number of halogens is 3. The normalized spacial score (nSPS) is 33.6. The van der Waals surface area contributed by atoms with Crippen molar-refractivity contribution in [3.05, 3.63) is 29.1 Å². The molecule has 1 saturated carbocycles. The fraction of sp³-hybridized carbons (Fsp3) is 0.739. The Kier molecular flexibility index (Phi) is 6.58. The smallest absolute Gasteiger partial charge is 0.379 e. The zero-order valence-electron chi connectivity index (χ0n) is 19.2. The number of amides is 1. The largest absolute Gasteiger partial charge is 0.417 e. The second-order valence-corrected chi connectivity index (χ2v) is 9.74. The first-order valence-corrected chi connectivity index (χ1v) is 11.9. The number of alkyl halides is 3. The number of nitrogens with one attached hydrogen (secondary N) is 2. The second kappa shape index (κ2) is 9.34. The van der Waals surface area contributed by atoms with Crippen LogP contribution in [0.15, 0.2) is 12.3 Å². The molecule has 0 spiro atoms. The maximum Gasteiger partial charge on any atom is 0.417 e. The van der Waals surface area contributed by atoms with Crippen molar-refractivity contribution >= 4 is 5.91 Å². The molecule has 34 heavy (non-hydrogen) atoms. The third-order valence-corrected chi connectivity index (χ3v) is 7.75. The van der Waals surface area contributed by atoms with Crippen LogP contribution in [0.2, 0.25) is 0 Å². The van der Waals surface area contributed by atoms with E-state index in [1.807, 2.05) is 0 Å². The number of hydrogen-bond donors (Lipinski definition) is 2. The van der Waals surface area contributed by atoms with Gasteiger partial charge in [0, 0.05) is 57.8 Å². The molecule has 3 fully saturated rings. The summed E-state index contributed by atoms with van der Waals surface area (Å²) in [6.45, 7) is 2.32. The number of nitrogens with zero attached hydrogens (tertiary/aromatic N) is 2. The highest BCUT2D eigenvalue weighted by Gasteiger charge is 2.57. The highest BCUT2D eigenvalue weighted by molar-refractivity contribution is 5.84. The van der Waals surface area contributed by atoms with E-state index in [1.165, 1.54) is 0 Å². The van der Waals surface area contributed by atoms with E-state index in [-0.39, 0.29) is 36.7 Å². The third-order valence-electron chi connectivity index (χ3n) is 7.75. The Morgan fingerprint density at radius 3 is 2.97 bits per heavy atom. The van der Waals surface area contributed by atoms with Crippen molar-refractivity contribution in [1.82, 2.24) is 20.7 Å². The number of methoxy groups -OCH3 is 1. The van der Waals surface area contributed by atoms with Gasteiger partial charge in [-0.15, -0.1) is 0 Å². The van der Waals surface area contributed by atoms with E-state index in [0.717, 1.165) is 18.7 Å². The van der Waals surface area contributed by atoms with Crippen LogP contribution in [0.3, 0.4) is 0 Å². The SMILES string of the molecule is CO[C@@H]1COCC[C@H]1NN[C@@H]1C[C@H]2OCC[C@@]2(C(=O)N2CCc3ncc(C(F)(F)F)cc3C2)C1. The van der Waals surface area contributed by atoms with Crippen LogP contribution in [-0.2, 0) is 38.1 Å². The molecule has 11 heteroatoms. The predicted molar refractivity (Wildman–Crippen MR) is 114 cm³/mol. The van der Waals surface area contributed by atoms with Crippen LogP contribution in [0.1, 0.15) is 42.5 Å². The molecule has 5 atom stereocenters. The molecular weight excluding hydrogens is 453 g/mol. The van der Waals surface area contributed by atoms with Crippen molar-refractivity contribution in [1.29, 1.82) is 0 Å². The summed E-state index contributed by atoms with van der Waals surface area (Å²) in [7, 11) is 1.67. The van der Waals surface area contributed by atoms with E-state index in [0.29, 0.717) is 63.3 Å². The van der Waals surface area contributed by atoms with E-state index >= 15 is 0 Å². The Labute approximate surface area is 196 Å². The van der Waals surface area contributed by atoms with Crippen LogP contribution in [-0.4, -0.2) is 73.6 Å². The number of hydrogen-bond acceptors (Lipinski definition) is 7. The monoisotopic (exact) mass is 484 g/mol. The van der Waals surface area contributed by atoms with Crippen molar-refractivity contribution < 1.29 is 32.2 Å². The minimum atomic E-state index is -4.46. The molecular formula is C23H31F3N4O4. The van der Waals surface area contributed by atoms with Crippen LogP contribution in [0.4, 0.5) is 13.2 Å². The molecule has 5 rings (SSSR count). The van der Waals surface area contributed by atoms with E-state index in [2.05, 4.69) is 15.8 Å². The zero-order valence-corrected chi connectivity index (χ0v) is 19.2. The van der Waals surface area contributed by atoms with E-state index in [1.54, 1.807) is 12.0 Å². The van der Waals surface area contributed by atoms with Crippen LogP contribution >= 0.6 is 0 Å². The lowest BCUT2D eigenvalue weighted by molar-refractivity contribution is -0.145. The number of aromatic nitrogens is 1. The van der Waals surface area contributed by atoms with Crippen molar-refractivity contribution in [2.24, 2.45) is 5.41 Å². The summed E-state index contributed by atoms with van der Waals surface area (Å²) < 4.78 is 56.4. The lowest BCUT2D eigenvalue weighted by Crippen LogP contribution is -2.55. The highest BCUT2D eigenvalue weighted by Crippen LogP contribution is 2.49. The van der Waals surface area contributed by atoms with Gasteiger partial charge >= 0.3 is 6.18 Å². The van der Waals surface area contributed by atoms with Gasteiger partial charge in [-0.25, -0.2) is 0 Å². The number of carbonyl (C=O) groups excluding carboxylic acids is 1. The van der Waals surface area contributed by atoms with Gasteiger partial charge in [-0.05, 0) is 37.3 Å². The molecule has 4 heterocycles. The van der Waals surface area contributed by atoms with Crippen LogP contribution in [0.25, 0.3) is 0 Å². The number of ether oxygens (including phenoxy) is 3. The Hall–Kier alpha value is -1.79. The molecule has 2 N–H and O–H groups in total. The molecule has 1 aromatic heterocycles. The molecule has 0 bridgehead atoms. The van der Waals surface area contributed by atoms with Gasteiger partial charge in [0.1, 0.15) is 0 Å². The Balaban J connectivity index is 1.26. The maximum atomic E-state index is 13.8. The summed E-state index contributed by atoms with van der Waals surface area (Å²) in [6.07, 6.45) is -0.611. The maximum absolute atomic E-state index is 13.8. The summed E-state index contributed by atoms with van der Waals surface area (Å²) in [5.74, 6) is -0.0248. The van der Waals surface area contributed by atoms with Crippen molar-refractivity contribution in [2.75, 3.05) is 33.5 Å². The predicted octanol–water partition coefficient (Wildman–Crippen LogP) is 1.82. The molecule has 0 aromatic carbocycles. The minimum absolute atomic E-state index is 0.0248. The van der Waals surface area contributed by atoms with Gasteiger partial charge in [0.2, 0.25) is 5.91 Å². The Bertz CT molecular complexity index is 917. The molecule has 2 saturated heterocycles. The van der Waals surface area contributed by atoms with E-state index in [4.69, 9.17) is 14.2 Å². The van der Waals surface area contributed by atoms with Crippen LogP contribution in [0, 0.1) is 5.41 Å². The second-order valence-electron chi connectivity index (χ2n) is 9.74. The van der Waals surface area contributed by atoms with Crippen LogP contribution < -0.4 is 10.9 Å². The van der Waals surface area contributed by atoms with Gasteiger partial charge in [0.25, 0.3) is 0 Å². The quantitative estimate of drug-likeness (QED) is 0.617. The summed E-state index contributed by atoms with van der Waals surface area (Å²) >= 11 is 0. The van der Waals surface area contributed by atoms with Crippen LogP contribution in [0.5, 0.6) is 0 Å². The van der Waals surface area contributed by atoms with Gasteiger partial charge in [0.15, 0.2) is 0 Å². The molecule has 1 aromatic rings. The van der Waals surface area contributed by atoms with Gasteiger partial charge in [-0.3, -0.25) is 20.6 Å². The number of fused-ring (bicyclic) bond motifs is 2.